The maximum Gasteiger partial charge on any atom is 0.408 e. The molecule has 0 aliphatic heterocycles. The fourth-order valence-electron chi connectivity index (χ4n) is 2.12. The van der Waals surface area contributed by atoms with Gasteiger partial charge in [-0.1, -0.05) is 11.6 Å². The first-order chi connectivity index (χ1) is 12.9. The maximum absolute atomic E-state index is 13.1. The molecule has 0 fully saturated rings. The summed E-state index contributed by atoms with van der Waals surface area (Å²) in [4.78, 5) is 16.4. The van der Waals surface area contributed by atoms with E-state index in [1.54, 1.807) is 20.8 Å². The zero-order valence-electron chi connectivity index (χ0n) is 15.9. The Bertz CT molecular complexity index is 828. The largest absolute Gasteiger partial charge is 0.444 e. The Labute approximate surface area is 165 Å². The van der Waals surface area contributed by atoms with Gasteiger partial charge in [-0.2, -0.15) is 5.10 Å². The SMILES string of the molecule is CC(C)(C)OC(=O)NC(COC(C)(CF)C(F)F)c1cn2ncc(Cl)cc2n1. The molecule has 2 unspecified atom stereocenters. The standard InChI is InChI=1S/C17H22ClF3N4O3/c1-16(2,3)28-15(26)24-12(8-27-17(4,9-19)14(20)21)11-7-25-13(23-11)5-10(18)6-22-25/h5-7,12,14H,8-9H2,1-4H3,(H,24,26). The molecule has 0 aliphatic carbocycles. The number of rotatable bonds is 7. The second kappa shape index (κ2) is 8.52. The first kappa shape index (κ1) is 22.2. The fourth-order valence-corrected chi connectivity index (χ4v) is 2.27. The molecule has 7 nitrogen and oxygen atoms in total. The number of fused-ring (bicyclic) bond motifs is 1. The van der Waals surface area contributed by atoms with E-state index < -0.39 is 43.0 Å². The van der Waals surface area contributed by atoms with E-state index >= 15 is 0 Å². The van der Waals surface area contributed by atoms with Gasteiger partial charge in [0.25, 0.3) is 6.43 Å². The number of hydrogen-bond donors (Lipinski definition) is 1. The van der Waals surface area contributed by atoms with Gasteiger partial charge in [0.05, 0.1) is 35.8 Å². The van der Waals surface area contributed by atoms with Gasteiger partial charge in [0.15, 0.2) is 11.2 Å². The van der Waals surface area contributed by atoms with Crippen molar-refractivity contribution in [1.29, 1.82) is 0 Å². The van der Waals surface area contributed by atoms with E-state index in [9.17, 15) is 18.0 Å². The van der Waals surface area contributed by atoms with Crippen LogP contribution in [0.25, 0.3) is 5.65 Å². The van der Waals surface area contributed by atoms with Crippen LogP contribution in [0.4, 0.5) is 18.0 Å². The highest BCUT2D eigenvalue weighted by Crippen LogP contribution is 2.24. The molecule has 2 rings (SSSR count). The van der Waals surface area contributed by atoms with Crippen molar-refractivity contribution >= 4 is 23.3 Å². The number of carbonyl (C=O) groups is 1. The zero-order chi connectivity index (χ0) is 21.1. The van der Waals surface area contributed by atoms with Gasteiger partial charge < -0.3 is 14.8 Å². The predicted octanol–water partition coefficient (Wildman–Crippen LogP) is 3.96. The number of hydrogen-bond acceptors (Lipinski definition) is 5. The third kappa shape index (κ3) is 5.71. The van der Waals surface area contributed by atoms with E-state index in [1.165, 1.54) is 23.0 Å². The van der Waals surface area contributed by atoms with Crippen LogP contribution in [0.5, 0.6) is 0 Å². The summed E-state index contributed by atoms with van der Waals surface area (Å²) in [6.07, 6.45) is -0.986. The van der Waals surface area contributed by atoms with Crippen molar-refractivity contribution in [3.05, 3.63) is 29.2 Å². The smallest absolute Gasteiger partial charge is 0.408 e. The van der Waals surface area contributed by atoms with Crippen molar-refractivity contribution in [3.8, 4) is 0 Å². The van der Waals surface area contributed by atoms with Crippen LogP contribution in [0, 0.1) is 0 Å². The molecule has 2 heterocycles. The zero-order valence-corrected chi connectivity index (χ0v) is 16.6. The number of amides is 1. The molecule has 0 radical (unpaired) electrons. The molecule has 11 heteroatoms. The van der Waals surface area contributed by atoms with Crippen LogP contribution in [-0.4, -0.2) is 51.6 Å². The van der Waals surface area contributed by atoms with Gasteiger partial charge in [0.1, 0.15) is 12.3 Å². The maximum atomic E-state index is 13.1. The molecule has 1 amide bonds. The number of imidazole rings is 1. The summed E-state index contributed by atoms with van der Waals surface area (Å²) in [5.74, 6) is 0. The first-order valence-corrected chi connectivity index (χ1v) is 8.80. The molecule has 2 aromatic rings. The molecule has 2 atom stereocenters. The Morgan fingerprint density at radius 3 is 2.61 bits per heavy atom. The van der Waals surface area contributed by atoms with Gasteiger partial charge in [-0.05, 0) is 27.7 Å². The predicted molar refractivity (Wildman–Crippen MR) is 96.4 cm³/mol. The molecular formula is C17H22ClF3N4O3. The van der Waals surface area contributed by atoms with E-state index in [-0.39, 0.29) is 5.69 Å². The van der Waals surface area contributed by atoms with Crippen LogP contribution in [0.1, 0.15) is 39.4 Å². The van der Waals surface area contributed by atoms with Crippen molar-refractivity contribution < 1.29 is 27.4 Å². The number of nitrogens with one attached hydrogen (secondary N) is 1. The molecule has 0 saturated heterocycles. The quantitative estimate of drug-likeness (QED) is 0.730. The molecular weight excluding hydrogens is 401 g/mol. The number of ether oxygens (including phenoxy) is 2. The van der Waals surface area contributed by atoms with Gasteiger partial charge >= 0.3 is 6.09 Å². The summed E-state index contributed by atoms with van der Waals surface area (Å²) in [5, 5.41) is 6.89. The molecule has 28 heavy (non-hydrogen) atoms. The van der Waals surface area contributed by atoms with Crippen molar-refractivity contribution in [2.75, 3.05) is 13.3 Å². The molecule has 0 spiro atoms. The summed E-state index contributed by atoms with van der Waals surface area (Å²) >= 11 is 5.88. The summed E-state index contributed by atoms with van der Waals surface area (Å²) < 4.78 is 51.0. The first-order valence-electron chi connectivity index (χ1n) is 8.42. The fraction of sp³-hybridized carbons (Fsp3) is 0.588. The topological polar surface area (TPSA) is 77.8 Å². The Morgan fingerprint density at radius 1 is 1.36 bits per heavy atom. The van der Waals surface area contributed by atoms with Crippen LogP contribution in [0.2, 0.25) is 5.02 Å². The summed E-state index contributed by atoms with van der Waals surface area (Å²) in [7, 11) is 0. The van der Waals surface area contributed by atoms with E-state index in [4.69, 9.17) is 21.1 Å². The highest BCUT2D eigenvalue weighted by atomic mass is 35.5. The number of carbonyl (C=O) groups excluding carboxylic acids is 1. The average Bonchev–Trinajstić information content (AvgIpc) is 2.99. The number of alkyl carbamates (subject to hydrolysis) is 1. The van der Waals surface area contributed by atoms with Crippen molar-refractivity contribution in [2.24, 2.45) is 0 Å². The number of halogens is 4. The molecule has 156 valence electrons. The molecule has 0 saturated carbocycles. The Morgan fingerprint density at radius 2 is 2.04 bits per heavy atom. The van der Waals surface area contributed by atoms with Crippen molar-refractivity contribution in [1.82, 2.24) is 19.9 Å². The lowest BCUT2D eigenvalue weighted by Gasteiger charge is -2.29. The van der Waals surface area contributed by atoms with Crippen LogP contribution in [0.15, 0.2) is 18.5 Å². The molecule has 0 aromatic carbocycles. The lowest BCUT2D eigenvalue weighted by atomic mass is 10.1. The van der Waals surface area contributed by atoms with Gasteiger partial charge in [0, 0.05) is 6.07 Å². The van der Waals surface area contributed by atoms with Crippen LogP contribution in [0.3, 0.4) is 0 Å². The second-order valence-electron chi connectivity index (χ2n) is 7.40. The number of nitrogens with zero attached hydrogens (tertiary/aromatic N) is 3. The van der Waals surface area contributed by atoms with Crippen LogP contribution >= 0.6 is 11.6 Å². The molecule has 1 N–H and O–H groups in total. The monoisotopic (exact) mass is 422 g/mol. The van der Waals surface area contributed by atoms with Gasteiger partial charge in [-0.3, -0.25) is 0 Å². The Balaban J connectivity index is 2.27. The molecule has 0 aliphatic rings. The normalized spacial score (nSPS) is 15.5. The summed E-state index contributed by atoms with van der Waals surface area (Å²) in [5.41, 5.74) is -2.45. The van der Waals surface area contributed by atoms with Gasteiger partial charge in [-0.25, -0.2) is 27.5 Å². The minimum Gasteiger partial charge on any atom is -0.444 e. The molecule has 2 aromatic heterocycles. The molecule has 0 bridgehead atoms. The van der Waals surface area contributed by atoms with Gasteiger partial charge in [-0.15, -0.1) is 0 Å². The van der Waals surface area contributed by atoms with Crippen molar-refractivity contribution in [3.63, 3.8) is 0 Å². The van der Waals surface area contributed by atoms with Crippen molar-refractivity contribution in [2.45, 2.75) is 51.4 Å². The lowest BCUT2D eigenvalue weighted by molar-refractivity contribution is -0.143. The minimum absolute atomic E-state index is 0.260. The highest BCUT2D eigenvalue weighted by molar-refractivity contribution is 6.30. The van der Waals surface area contributed by atoms with E-state index in [2.05, 4.69) is 15.4 Å². The third-order valence-electron chi connectivity index (χ3n) is 3.66. The Hall–Kier alpha value is -2.07. The van der Waals surface area contributed by atoms with Crippen LogP contribution in [-0.2, 0) is 9.47 Å². The third-order valence-corrected chi connectivity index (χ3v) is 3.87. The van der Waals surface area contributed by atoms with Crippen LogP contribution < -0.4 is 5.32 Å². The van der Waals surface area contributed by atoms with Gasteiger partial charge in [0.2, 0.25) is 0 Å². The summed E-state index contributed by atoms with van der Waals surface area (Å²) in [6, 6.07) is 0.550. The summed E-state index contributed by atoms with van der Waals surface area (Å²) in [6.45, 7) is 4.12. The van der Waals surface area contributed by atoms with E-state index in [0.29, 0.717) is 10.7 Å². The lowest BCUT2D eigenvalue weighted by Crippen LogP contribution is -2.43. The average molecular weight is 423 g/mol. The van der Waals surface area contributed by atoms with E-state index in [0.717, 1.165) is 6.92 Å². The van der Waals surface area contributed by atoms with E-state index in [1.807, 2.05) is 0 Å². The number of aromatic nitrogens is 3. The minimum atomic E-state index is -3.05. The highest BCUT2D eigenvalue weighted by Gasteiger charge is 2.38. The number of alkyl halides is 3. The second-order valence-corrected chi connectivity index (χ2v) is 7.84. The Kier molecular flexibility index (Phi) is 6.76.